The third-order valence-corrected chi connectivity index (χ3v) is 3.51. The predicted molar refractivity (Wildman–Crippen MR) is 82.3 cm³/mol. The van der Waals surface area contributed by atoms with Crippen LogP contribution in [-0.4, -0.2) is 12.1 Å². The van der Waals surface area contributed by atoms with Crippen LogP contribution >= 0.6 is 0 Å². The maximum atomic E-state index is 13.6. The molecule has 112 valence electrons. The van der Waals surface area contributed by atoms with Crippen molar-refractivity contribution in [2.75, 3.05) is 0 Å². The van der Waals surface area contributed by atoms with Crippen LogP contribution in [-0.2, 0) is 12.8 Å². The molecule has 0 fully saturated rings. The molecule has 0 aromatic heterocycles. The number of rotatable bonds is 6. The van der Waals surface area contributed by atoms with Crippen molar-refractivity contribution in [2.24, 2.45) is 0 Å². The zero-order valence-corrected chi connectivity index (χ0v) is 12.4. The molecule has 0 saturated carbocycles. The highest BCUT2D eigenvalue weighted by Crippen LogP contribution is 2.10. The number of hydrogen-bond acceptors (Lipinski definition) is 1. The van der Waals surface area contributed by atoms with Crippen LogP contribution in [0.2, 0.25) is 0 Å². The Hall–Kier alpha value is -1.74. The van der Waals surface area contributed by atoms with E-state index in [9.17, 15) is 8.78 Å². The highest BCUT2D eigenvalue weighted by molar-refractivity contribution is 5.19. The average molecular weight is 289 g/mol. The number of halogens is 2. The van der Waals surface area contributed by atoms with Crippen LogP contribution in [0.4, 0.5) is 8.78 Å². The molecule has 0 spiro atoms. The maximum absolute atomic E-state index is 13.6. The summed E-state index contributed by atoms with van der Waals surface area (Å²) in [4.78, 5) is 0. The summed E-state index contributed by atoms with van der Waals surface area (Å²) in [5, 5.41) is 3.46. The summed E-state index contributed by atoms with van der Waals surface area (Å²) in [5.41, 5.74) is 1.82. The lowest BCUT2D eigenvalue weighted by atomic mass is 10.0. The van der Waals surface area contributed by atoms with Crippen LogP contribution in [0.3, 0.4) is 0 Å². The van der Waals surface area contributed by atoms with Gasteiger partial charge in [-0.05, 0) is 56.0 Å². The molecule has 0 aliphatic rings. The fraction of sp³-hybridized carbons (Fsp3) is 0.333. The molecule has 0 aliphatic carbocycles. The second-order valence-corrected chi connectivity index (χ2v) is 5.59. The molecule has 21 heavy (non-hydrogen) atoms. The van der Waals surface area contributed by atoms with Crippen molar-refractivity contribution >= 4 is 0 Å². The van der Waals surface area contributed by atoms with Crippen LogP contribution < -0.4 is 5.32 Å². The number of nitrogens with one attached hydrogen (secondary N) is 1. The van der Waals surface area contributed by atoms with E-state index in [0.29, 0.717) is 6.42 Å². The Labute approximate surface area is 125 Å². The fourth-order valence-electron chi connectivity index (χ4n) is 2.57. The van der Waals surface area contributed by atoms with Crippen molar-refractivity contribution < 1.29 is 8.78 Å². The molecule has 0 heterocycles. The van der Waals surface area contributed by atoms with E-state index in [1.165, 1.54) is 18.2 Å². The standard InChI is InChI=1S/C18H21F2N/c1-13(11-15-7-9-17(19)10-8-15)21-14(2)12-16-5-3-4-6-18(16)20/h3-10,13-14,21H,11-12H2,1-2H3. The Bertz CT molecular complexity index is 566. The van der Waals surface area contributed by atoms with Crippen molar-refractivity contribution in [1.29, 1.82) is 0 Å². The maximum Gasteiger partial charge on any atom is 0.126 e. The minimum Gasteiger partial charge on any atom is -0.311 e. The third kappa shape index (κ3) is 4.94. The SMILES string of the molecule is CC(Cc1ccc(F)cc1)NC(C)Cc1ccccc1F. The third-order valence-electron chi connectivity index (χ3n) is 3.51. The van der Waals surface area contributed by atoms with E-state index in [1.54, 1.807) is 18.2 Å². The van der Waals surface area contributed by atoms with Crippen molar-refractivity contribution in [1.82, 2.24) is 5.32 Å². The monoisotopic (exact) mass is 289 g/mol. The number of hydrogen-bond donors (Lipinski definition) is 1. The van der Waals surface area contributed by atoms with E-state index in [-0.39, 0.29) is 23.7 Å². The Balaban J connectivity index is 1.86. The lowest BCUT2D eigenvalue weighted by Crippen LogP contribution is -2.37. The van der Waals surface area contributed by atoms with Crippen molar-refractivity contribution in [3.8, 4) is 0 Å². The summed E-state index contributed by atoms with van der Waals surface area (Å²) in [6.45, 7) is 4.13. The summed E-state index contributed by atoms with van der Waals surface area (Å²) in [7, 11) is 0. The molecule has 2 unspecified atom stereocenters. The summed E-state index contributed by atoms with van der Waals surface area (Å²) in [6.07, 6.45) is 1.47. The van der Waals surface area contributed by atoms with Crippen LogP contribution in [0, 0.1) is 11.6 Å². The molecular weight excluding hydrogens is 268 g/mol. The van der Waals surface area contributed by atoms with Crippen LogP contribution in [0.15, 0.2) is 48.5 Å². The summed E-state index contributed by atoms with van der Waals surface area (Å²) >= 11 is 0. The first-order valence-electron chi connectivity index (χ1n) is 7.28. The van der Waals surface area contributed by atoms with Crippen LogP contribution in [0.1, 0.15) is 25.0 Å². The molecule has 2 aromatic carbocycles. The van der Waals surface area contributed by atoms with Gasteiger partial charge in [-0.15, -0.1) is 0 Å². The second kappa shape index (κ2) is 7.32. The Morgan fingerprint density at radius 3 is 2.14 bits per heavy atom. The minimum absolute atomic E-state index is 0.155. The van der Waals surface area contributed by atoms with E-state index in [1.807, 2.05) is 19.1 Å². The molecular formula is C18H21F2N. The molecule has 0 saturated heterocycles. The number of benzene rings is 2. The van der Waals surface area contributed by atoms with Gasteiger partial charge in [0.1, 0.15) is 11.6 Å². The lowest BCUT2D eigenvalue weighted by Gasteiger charge is -2.20. The van der Waals surface area contributed by atoms with Gasteiger partial charge < -0.3 is 5.32 Å². The second-order valence-electron chi connectivity index (χ2n) is 5.59. The van der Waals surface area contributed by atoms with Gasteiger partial charge in [0.05, 0.1) is 0 Å². The van der Waals surface area contributed by atoms with Gasteiger partial charge in [-0.2, -0.15) is 0 Å². The van der Waals surface area contributed by atoms with Crippen molar-refractivity contribution in [3.63, 3.8) is 0 Å². The molecule has 1 N–H and O–H groups in total. The zero-order chi connectivity index (χ0) is 15.2. The molecule has 0 radical (unpaired) electrons. The predicted octanol–water partition coefficient (Wildman–Crippen LogP) is 4.12. The highest BCUT2D eigenvalue weighted by atomic mass is 19.1. The van der Waals surface area contributed by atoms with Gasteiger partial charge in [-0.25, -0.2) is 8.78 Å². The van der Waals surface area contributed by atoms with Gasteiger partial charge >= 0.3 is 0 Å². The van der Waals surface area contributed by atoms with Gasteiger partial charge in [-0.3, -0.25) is 0 Å². The molecule has 1 nitrogen and oxygen atoms in total. The van der Waals surface area contributed by atoms with Crippen molar-refractivity contribution in [3.05, 3.63) is 71.3 Å². The average Bonchev–Trinajstić information content (AvgIpc) is 2.44. The summed E-state index contributed by atoms with van der Waals surface area (Å²) in [5.74, 6) is -0.371. The van der Waals surface area contributed by atoms with Gasteiger partial charge in [0, 0.05) is 12.1 Å². The molecule has 0 bridgehead atoms. The Kier molecular flexibility index (Phi) is 5.45. The largest absolute Gasteiger partial charge is 0.311 e. The van der Waals surface area contributed by atoms with Crippen LogP contribution in [0.5, 0.6) is 0 Å². The topological polar surface area (TPSA) is 12.0 Å². The minimum atomic E-state index is -0.215. The molecule has 2 aromatic rings. The molecule has 2 atom stereocenters. The lowest BCUT2D eigenvalue weighted by molar-refractivity contribution is 0.456. The smallest absolute Gasteiger partial charge is 0.126 e. The molecule has 2 rings (SSSR count). The Morgan fingerprint density at radius 1 is 0.857 bits per heavy atom. The van der Waals surface area contributed by atoms with E-state index in [2.05, 4.69) is 12.2 Å². The van der Waals surface area contributed by atoms with E-state index in [0.717, 1.165) is 17.5 Å². The normalized spacial score (nSPS) is 13.9. The molecule has 0 amide bonds. The van der Waals surface area contributed by atoms with Crippen molar-refractivity contribution in [2.45, 2.75) is 38.8 Å². The summed E-state index contributed by atoms with van der Waals surface area (Å²) in [6, 6.07) is 13.8. The quantitative estimate of drug-likeness (QED) is 0.843. The molecule has 3 heteroatoms. The zero-order valence-electron chi connectivity index (χ0n) is 12.4. The highest BCUT2D eigenvalue weighted by Gasteiger charge is 2.11. The first-order chi connectivity index (χ1) is 10.0. The fourth-order valence-corrected chi connectivity index (χ4v) is 2.57. The first kappa shape index (κ1) is 15.6. The van der Waals surface area contributed by atoms with Gasteiger partial charge in [-0.1, -0.05) is 30.3 Å². The van der Waals surface area contributed by atoms with Crippen LogP contribution in [0.25, 0.3) is 0 Å². The molecule has 0 aliphatic heterocycles. The van der Waals surface area contributed by atoms with E-state index < -0.39 is 0 Å². The van der Waals surface area contributed by atoms with E-state index >= 15 is 0 Å². The summed E-state index contributed by atoms with van der Waals surface area (Å²) < 4.78 is 26.5. The van der Waals surface area contributed by atoms with E-state index in [4.69, 9.17) is 0 Å². The Morgan fingerprint density at radius 2 is 1.48 bits per heavy atom. The first-order valence-corrected chi connectivity index (χ1v) is 7.28. The van der Waals surface area contributed by atoms with Gasteiger partial charge in [0.15, 0.2) is 0 Å². The van der Waals surface area contributed by atoms with Gasteiger partial charge in [0.2, 0.25) is 0 Å². The van der Waals surface area contributed by atoms with Gasteiger partial charge in [0.25, 0.3) is 0 Å².